The molecule has 24 heavy (non-hydrogen) atoms. The van der Waals surface area contributed by atoms with E-state index in [2.05, 4.69) is 0 Å². The van der Waals surface area contributed by atoms with Crippen LogP contribution in [0.3, 0.4) is 0 Å². The number of hydrogen-bond donors (Lipinski definition) is 3. The maximum atomic E-state index is 11.8. The van der Waals surface area contributed by atoms with Crippen LogP contribution in [0.2, 0.25) is 0 Å². The summed E-state index contributed by atoms with van der Waals surface area (Å²) in [6, 6.07) is 5.22. The second-order valence-corrected chi connectivity index (χ2v) is 5.76. The predicted octanol–water partition coefficient (Wildman–Crippen LogP) is 1.20. The Balaban J connectivity index is 2.27. The molecule has 0 heterocycles. The molecular formula is C16H26N4O4. The van der Waals surface area contributed by atoms with Crippen LogP contribution < -0.4 is 17.2 Å². The van der Waals surface area contributed by atoms with E-state index in [1.165, 1.54) is 12.1 Å². The maximum absolute atomic E-state index is 11.8. The average Bonchev–Trinajstić information content (AvgIpc) is 2.57. The summed E-state index contributed by atoms with van der Waals surface area (Å²) in [7, 11) is 0. The lowest BCUT2D eigenvalue weighted by Gasteiger charge is -2.14. The number of carbonyl (C=O) groups is 1. The highest BCUT2D eigenvalue weighted by Gasteiger charge is 2.15. The van der Waals surface area contributed by atoms with Gasteiger partial charge in [0.15, 0.2) is 0 Å². The van der Waals surface area contributed by atoms with Gasteiger partial charge in [0, 0.05) is 18.2 Å². The van der Waals surface area contributed by atoms with Gasteiger partial charge >= 0.3 is 5.97 Å². The summed E-state index contributed by atoms with van der Waals surface area (Å²) in [5, 5.41) is 10.6. The lowest BCUT2D eigenvalue weighted by molar-refractivity contribution is -0.384. The Morgan fingerprint density at radius 3 is 2.33 bits per heavy atom. The summed E-state index contributed by atoms with van der Waals surface area (Å²) in [6.45, 7) is 0.669. The largest absolute Gasteiger partial charge is 0.460 e. The minimum Gasteiger partial charge on any atom is -0.460 e. The molecule has 0 bridgehead atoms. The second kappa shape index (κ2) is 10.7. The van der Waals surface area contributed by atoms with Crippen molar-refractivity contribution in [1.29, 1.82) is 0 Å². The molecule has 0 aliphatic carbocycles. The number of nitrogens with zero attached hydrogens (tertiary/aromatic N) is 1. The molecule has 0 saturated carbocycles. The third-order valence-corrected chi connectivity index (χ3v) is 3.70. The quantitative estimate of drug-likeness (QED) is 0.312. The normalized spacial score (nSPS) is 13.3. The summed E-state index contributed by atoms with van der Waals surface area (Å²) in [6.07, 6.45) is 3.82. The van der Waals surface area contributed by atoms with Crippen LogP contribution in [0, 0.1) is 10.1 Å². The fourth-order valence-electron chi connectivity index (χ4n) is 2.22. The first-order valence-corrected chi connectivity index (χ1v) is 8.05. The zero-order valence-electron chi connectivity index (χ0n) is 13.7. The molecule has 1 aromatic carbocycles. The number of ether oxygens (including phenoxy) is 1. The minimum atomic E-state index is -0.690. The van der Waals surface area contributed by atoms with Gasteiger partial charge in [0.05, 0.1) is 4.92 Å². The lowest BCUT2D eigenvalue weighted by atomic mass is 10.0. The summed E-state index contributed by atoms with van der Waals surface area (Å²) < 4.78 is 5.13. The number of non-ortho nitro benzene ring substituents is 1. The van der Waals surface area contributed by atoms with Crippen LogP contribution in [-0.4, -0.2) is 29.5 Å². The molecule has 134 valence electrons. The molecule has 0 aliphatic rings. The highest BCUT2D eigenvalue weighted by atomic mass is 16.6. The van der Waals surface area contributed by atoms with E-state index in [0.29, 0.717) is 18.5 Å². The summed E-state index contributed by atoms with van der Waals surface area (Å²) >= 11 is 0. The van der Waals surface area contributed by atoms with Crippen LogP contribution in [-0.2, 0) is 16.1 Å². The van der Waals surface area contributed by atoms with Crippen molar-refractivity contribution in [2.45, 2.75) is 50.8 Å². The molecule has 0 saturated heterocycles. The van der Waals surface area contributed by atoms with Gasteiger partial charge in [0.25, 0.3) is 5.69 Å². The van der Waals surface area contributed by atoms with Crippen molar-refractivity contribution in [3.63, 3.8) is 0 Å². The van der Waals surface area contributed by atoms with Gasteiger partial charge in [-0.05, 0) is 56.3 Å². The van der Waals surface area contributed by atoms with E-state index in [1.807, 2.05) is 0 Å². The molecule has 1 aromatic rings. The summed E-state index contributed by atoms with van der Waals surface area (Å²) in [4.78, 5) is 21.9. The zero-order valence-corrected chi connectivity index (χ0v) is 13.7. The fraction of sp³-hybridized carbons (Fsp3) is 0.562. The number of nitrogens with two attached hydrogens (primary N) is 3. The fourth-order valence-corrected chi connectivity index (χ4v) is 2.22. The van der Waals surface area contributed by atoms with Crippen molar-refractivity contribution < 1.29 is 14.5 Å². The van der Waals surface area contributed by atoms with E-state index >= 15 is 0 Å². The van der Waals surface area contributed by atoms with Gasteiger partial charge in [-0.25, -0.2) is 0 Å². The minimum absolute atomic E-state index is 0.00671. The Hall–Kier alpha value is -2.03. The molecule has 0 amide bonds. The Labute approximate surface area is 141 Å². The van der Waals surface area contributed by atoms with Gasteiger partial charge in [-0.15, -0.1) is 0 Å². The Morgan fingerprint density at radius 2 is 1.75 bits per heavy atom. The SMILES string of the molecule is NCCCC(N)CCCC(N)C(=O)OCc1ccc([N+](=O)[O-])cc1. The maximum Gasteiger partial charge on any atom is 0.323 e. The highest BCUT2D eigenvalue weighted by Crippen LogP contribution is 2.13. The van der Waals surface area contributed by atoms with E-state index in [1.54, 1.807) is 12.1 Å². The number of carbonyl (C=O) groups excluding carboxylic acids is 1. The molecule has 8 heteroatoms. The van der Waals surface area contributed by atoms with Crippen molar-refractivity contribution in [2.75, 3.05) is 6.54 Å². The monoisotopic (exact) mass is 338 g/mol. The number of benzene rings is 1. The topological polar surface area (TPSA) is 148 Å². The lowest BCUT2D eigenvalue weighted by Crippen LogP contribution is -2.32. The molecule has 0 spiro atoms. The average molecular weight is 338 g/mol. The first-order chi connectivity index (χ1) is 11.4. The molecule has 0 aliphatic heterocycles. The number of nitro benzene ring substituents is 1. The number of rotatable bonds is 11. The number of hydrogen-bond acceptors (Lipinski definition) is 7. The van der Waals surface area contributed by atoms with E-state index < -0.39 is 16.9 Å². The standard InChI is InChI=1S/C16H26N4O4/c17-10-2-4-13(18)3-1-5-15(19)16(21)24-11-12-6-8-14(9-7-12)20(22)23/h6-9,13,15H,1-5,10-11,17-19H2. The van der Waals surface area contributed by atoms with Gasteiger partial charge in [-0.1, -0.05) is 0 Å². The van der Waals surface area contributed by atoms with Crippen LogP contribution in [0.25, 0.3) is 0 Å². The highest BCUT2D eigenvalue weighted by molar-refractivity contribution is 5.75. The van der Waals surface area contributed by atoms with E-state index in [-0.39, 0.29) is 18.3 Å². The Kier molecular flexibility index (Phi) is 8.92. The van der Waals surface area contributed by atoms with Crippen molar-refractivity contribution in [3.8, 4) is 0 Å². The molecular weight excluding hydrogens is 312 g/mol. The van der Waals surface area contributed by atoms with E-state index in [9.17, 15) is 14.9 Å². The van der Waals surface area contributed by atoms with Crippen LogP contribution >= 0.6 is 0 Å². The molecule has 6 N–H and O–H groups in total. The van der Waals surface area contributed by atoms with Crippen molar-refractivity contribution in [2.24, 2.45) is 17.2 Å². The van der Waals surface area contributed by atoms with Crippen LogP contribution in [0.15, 0.2) is 24.3 Å². The Bertz CT molecular complexity index is 521. The van der Waals surface area contributed by atoms with Crippen LogP contribution in [0.5, 0.6) is 0 Å². The van der Waals surface area contributed by atoms with Crippen LogP contribution in [0.1, 0.15) is 37.7 Å². The zero-order chi connectivity index (χ0) is 17.9. The second-order valence-electron chi connectivity index (χ2n) is 5.76. The summed E-state index contributed by atoms with van der Waals surface area (Å²) in [5.74, 6) is -0.483. The van der Waals surface area contributed by atoms with Gasteiger partial charge in [0.1, 0.15) is 12.6 Å². The first-order valence-electron chi connectivity index (χ1n) is 8.05. The molecule has 2 unspecified atom stereocenters. The van der Waals surface area contributed by atoms with Gasteiger partial charge in [-0.2, -0.15) is 0 Å². The first kappa shape index (κ1) is 20.0. The predicted molar refractivity (Wildman–Crippen MR) is 91.0 cm³/mol. The van der Waals surface area contributed by atoms with Gasteiger partial charge in [0.2, 0.25) is 0 Å². The number of nitro groups is 1. The smallest absolute Gasteiger partial charge is 0.323 e. The number of esters is 1. The van der Waals surface area contributed by atoms with Crippen molar-refractivity contribution in [1.82, 2.24) is 0 Å². The van der Waals surface area contributed by atoms with E-state index in [0.717, 1.165) is 25.7 Å². The van der Waals surface area contributed by atoms with Crippen molar-refractivity contribution in [3.05, 3.63) is 39.9 Å². The van der Waals surface area contributed by atoms with Crippen molar-refractivity contribution >= 4 is 11.7 Å². The van der Waals surface area contributed by atoms with Gasteiger partial charge < -0.3 is 21.9 Å². The molecule has 2 atom stereocenters. The van der Waals surface area contributed by atoms with Gasteiger partial charge in [-0.3, -0.25) is 14.9 Å². The molecule has 1 rings (SSSR count). The molecule has 0 fully saturated rings. The molecule has 0 radical (unpaired) electrons. The summed E-state index contributed by atoms with van der Waals surface area (Å²) in [5.41, 5.74) is 17.8. The molecule has 0 aromatic heterocycles. The van der Waals surface area contributed by atoms with E-state index in [4.69, 9.17) is 21.9 Å². The molecule has 8 nitrogen and oxygen atoms in total. The third-order valence-electron chi connectivity index (χ3n) is 3.70. The van der Waals surface area contributed by atoms with Crippen LogP contribution in [0.4, 0.5) is 5.69 Å². The third kappa shape index (κ3) is 7.49. The Morgan fingerprint density at radius 1 is 1.12 bits per heavy atom.